The Balaban J connectivity index is 1.96. The molecule has 1 saturated heterocycles. The van der Waals surface area contributed by atoms with Crippen LogP contribution < -0.4 is 11.1 Å². The van der Waals surface area contributed by atoms with Gasteiger partial charge in [0.25, 0.3) is 0 Å². The third-order valence-corrected chi connectivity index (χ3v) is 3.70. The fraction of sp³-hybridized carbons (Fsp3) is 0.900. The molecule has 3 nitrogen and oxygen atoms in total. The molecule has 0 bridgehead atoms. The van der Waals surface area contributed by atoms with Gasteiger partial charge in [-0.3, -0.25) is 4.79 Å². The Morgan fingerprint density at radius 2 is 2.36 bits per heavy atom. The molecule has 0 aliphatic carbocycles. The highest BCUT2D eigenvalue weighted by molar-refractivity contribution is 7.99. The van der Waals surface area contributed by atoms with Gasteiger partial charge in [0.1, 0.15) is 0 Å². The summed E-state index contributed by atoms with van der Waals surface area (Å²) < 4.78 is 0. The van der Waals surface area contributed by atoms with Gasteiger partial charge in [-0.1, -0.05) is 0 Å². The number of rotatable bonds is 6. The summed E-state index contributed by atoms with van der Waals surface area (Å²) in [6.07, 6.45) is 3.76. The van der Waals surface area contributed by atoms with E-state index in [2.05, 4.69) is 5.32 Å². The zero-order chi connectivity index (χ0) is 10.2. The van der Waals surface area contributed by atoms with E-state index in [0.29, 0.717) is 18.9 Å². The molecule has 14 heavy (non-hydrogen) atoms. The molecule has 1 unspecified atom stereocenters. The second-order valence-electron chi connectivity index (χ2n) is 3.78. The van der Waals surface area contributed by atoms with Crippen molar-refractivity contribution in [2.75, 3.05) is 24.6 Å². The van der Waals surface area contributed by atoms with Crippen molar-refractivity contribution in [1.82, 2.24) is 5.32 Å². The largest absolute Gasteiger partial charge is 0.356 e. The number of carbonyl (C=O) groups excluding carboxylic acids is 1. The highest BCUT2D eigenvalue weighted by Crippen LogP contribution is 2.22. The Morgan fingerprint density at radius 1 is 1.50 bits per heavy atom. The molecular weight excluding hydrogens is 196 g/mol. The maximum atomic E-state index is 11.3. The molecule has 1 aliphatic rings. The maximum absolute atomic E-state index is 11.3. The third-order valence-electron chi connectivity index (χ3n) is 2.47. The second kappa shape index (κ2) is 7.12. The number of hydrogen-bond donors (Lipinski definition) is 2. The van der Waals surface area contributed by atoms with Crippen LogP contribution >= 0.6 is 11.8 Å². The minimum absolute atomic E-state index is 0.190. The van der Waals surface area contributed by atoms with E-state index in [1.807, 2.05) is 11.8 Å². The molecule has 1 atom stereocenters. The number of carbonyl (C=O) groups is 1. The van der Waals surface area contributed by atoms with E-state index in [4.69, 9.17) is 5.73 Å². The van der Waals surface area contributed by atoms with Crippen LogP contribution in [-0.4, -0.2) is 30.5 Å². The Kier molecular flexibility index (Phi) is 6.03. The van der Waals surface area contributed by atoms with Crippen molar-refractivity contribution < 1.29 is 4.79 Å². The minimum atomic E-state index is 0.190. The molecule has 1 heterocycles. The lowest BCUT2D eigenvalue weighted by Gasteiger charge is -2.09. The van der Waals surface area contributed by atoms with Crippen molar-refractivity contribution in [2.24, 2.45) is 11.7 Å². The Bertz CT molecular complexity index is 170. The lowest BCUT2D eigenvalue weighted by molar-refractivity contribution is -0.121. The predicted molar refractivity (Wildman–Crippen MR) is 61.3 cm³/mol. The number of unbranched alkanes of at least 4 members (excludes halogenated alkanes) is 1. The molecule has 0 aromatic heterocycles. The Morgan fingerprint density at radius 3 is 3.00 bits per heavy atom. The number of thioether (sulfide) groups is 1. The van der Waals surface area contributed by atoms with Crippen LogP contribution in [0.4, 0.5) is 0 Å². The van der Waals surface area contributed by atoms with Gasteiger partial charge < -0.3 is 11.1 Å². The van der Waals surface area contributed by atoms with Gasteiger partial charge in [0.05, 0.1) is 0 Å². The van der Waals surface area contributed by atoms with Gasteiger partial charge in [-0.05, 0) is 43.2 Å². The van der Waals surface area contributed by atoms with E-state index < -0.39 is 0 Å². The zero-order valence-corrected chi connectivity index (χ0v) is 9.44. The first kappa shape index (κ1) is 11.9. The number of nitrogens with one attached hydrogen (secondary N) is 1. The molecule has 82 valence electrons. The van der Waals surface area contributed by atoms with Crippen LogP contribution in [0.3, 0.4) is 0 Å². The normalized spacial score (nSPS) is 21.1. The van der Waals surface area contributed by atoms with Gasteiger partial charge in [0, 0.05) is 13.0 Å². The van der Waals surface area contributed by atoms with Crippen molar-refractivity contribution in [1.29, 1.82) is 0 Å². The Hall–Kier alpha value is -0.220. The zero-order valence-electron chi connectivity index (χ0n) is 8.63. The number of hydrogen-bond acceptors (Lipinski definition) is 3. The van der Waals surface area contributed by atoms with Gasteiger partial charge in [-0.15, -0.1) is 0 Å². The first-order valence-corrected chi connectivity index (χ1v) is 6.53. The van der Waals surface area contributed by atoms with Crippen LogP contribution in [-0.2, 0) is 4.79 Å². The monoisotopic (exact) mass is 216 g/mol. The summed E-state index contributed by atoms with van der Waals surface area (Å²) in [5, 5.41) is 2.99. The fourth-order valence-electron chi connectivity index (χ4n) is 1.52. The average molecular weight is 216 g/mol. The van der Waals surface area contributed by atoms with Crippen LogP contribution in [0, 0.1) is 5.92 Å². The van der Waals surface area contributed by atoms with Crippen LogP contribution in [0.2, 0.25) is 0 Å². The molecule has 3 N–H and O–H groups in total. The molecule has 1 fully saturated rings. The van der Waals surface area contributed by atoms with E-state index in [-0.39, 0.29) is 5.91 Å². The molecule has 1 amide bonds. The van der Waals surface area contributed by atoms with Crippen molar-refractivity contribution in [3.63, 3.8) is 0 Å². The number of nitrogens with two attached hydrogens (primary N) is 1. The molecule has 0 spiro atoms. The summed E-state index contributed by atoms with van der Waals surface area (Å²) in [7, 11) is 0. The molecule has 4 heteroatoms. The standard InChI is InChI=1S/C10H20N2OS/c11-5-2-1-3-10(13)12-7-9-4-6-14-8-9/h9H,1-8,11H2,(H,12,13). The van der Waals surface area contributed by atoms with Gasteiger partial charge in [-0.2, -0.15) is 11.8 Å². The van der Waals surface area contributed by atoms with Gasteiger partial charge in [0.2, 0.25) is 5.91 Å². The first-order chi connectivity index (χ1) is 6.83. The van der Waals surface area contributed by atoms with Crippen LogP contribution in [0.1, 0.15) is 25.7 Å². The summed E-state index contributed by atoms with van der Waals surface area (Å²) in [4.78, 5) is 11.3. The second-order valence-corrected chi connectivity index (χ2v) is 4.93. The predicted octanol–water partition coefficient (Wildman–Crippen LogP) is 0.985. The fourth-order valence-corrected chi connectivity index (χ4v) is 2.81. The summed E-state index contributed by atoms with van der Waals surface area (Å²) in [5.74, 6) is 3.37. The SMILES string of the molecule is NCCCCC(=O)NCC1CCSC1. The molecule has 0 aromatic carbocycles. The lowest BCUT2D eigenvalue weighted by atomic mass is 10.1. The van der Waals surface area contributed by atoms with Crippen LogP contribution in [0.25, 0.3) is 0 Å². The smallest absolute Gasteiger partial charge is 0.220 e. The highest BCUT2D eigenvalue weighted by Gasteiger charge is 2.15. The molecule has 0 radical (unpaired) electrons. The molecule has 0 saturated carbocycles. The molecule has 0 aromatic rings. The Labute approximate surface area is 90.2 Å². The topological polar surface area (TPSA) is 55.1 Å². The minimum Gasteiger partial charge on any atom is -0.356 e. The summed E-state index contributed by atoms with van der Waals surface area (Å²) in [6, 6.07) is 0. The lowest BCUT2D eigenvalue weighted by Crippen LogP contribution is -2.29. The summed E-state index contributed by atoms with van der Waals surface area (Å²) in [6.45, 7) is 1.56. The average Bonchev–Trinajstić information content (AvgIpc) is 2.68. The highest BCUT2D eigenvalue weighted by atomic mass is 32.2. The van der Waals surface area contributed by atoms with Gasteiger partial charge >= 0.3 is 0 Å². The number of amides is 1. The van der Waals surface area contributed by atoms with E-state index in [0.717, 1.165) is 19.4 Å². The third kappa shape index (κ3) is 4.86. The van der Waals surface area contributed by atoms with Gasteiger partial charge in [-0.25, -0.2) is 0 Å². The quantitative estimate of drug-likeness (QED) is 0.651. The van der Waals surface area contributed by atoms with E-state index in [1.54, 1.807) is 0 Å². The molecule has 1 aliphatic heterocycles. The van der Waals surface area contributed by atoms with Crippen LogP contribution in [0.5, 0.6) is 0 Å². The van der Waals surface area contributed by atoms with Crippen molar-refractivity contribution in [3.05, 3.63) is 0 Å². The van der Waals surface area contributed by atoms with E-state index >= 15 is 0 Å². The van der Waals surface area contributed by atoms with E-state index in [1.165, 1.54) is 17.9 Å². The maximum Gasteiger partial charge on any atom is 0.220 e. The summed E-state index contributed by atoms with van der Waals surface area (Å²) in [5.41, 5.74) is 5.35. The van der Waals surface area contributed by atoms with Crippen molar-refractivity contribution in [3.8, 4) is 0 Å². The molecule has 1 rings (SSSR count). The van der Waals surface area contributed by atoms with Crippen LogP contribution in [0.15, 0.2) is 0 Å². The van der Waals surface area contributed by atoms with Gasteiger partial charge in [0.15, 0.2) is 0 Å². The van der Waals surface area contributed by atoms with E-state index in [9.17, 15) is 4.79 Å². The van der Waals surface area contributed by atoms with Crippen molar-refractivity contribution >= 4 is 17.7 Å². The van der Waals surface area contributed by atoms with Crippen molar-refractivity contribution in [2.45, 2.75) is 25.7 Å². The first-order valence-electron chi connectivity index (χ1n) is 5.37. The molecular formula is C10H20N2OS. The summed E-state index contributed by atoms with van der Waals surface area (Å²) >= 11 is 1.99.